The predicted molar refractivity (Wildman–Crippen MR) is 114 cm³/mol. The largest absolute Gasteiger partial charge is 0.507 e. The Hall–Kier alpha value is -3.72. The van der Waals surface area contributed by atoms with Gasteiger partial charge in [0.25, 0.3) is 17.4 Å². The summed E-state index contributed by atoms with van der Waals surface area (Å²) in [4.78, 5) is 39.6. The molecular weight excluding hydrogens is 402 g/mol. The van der Waals surface area contributed by atoms with E-state index in [0.29, 0.717) is 17.9 Å². The van der Waals surface area contributed by atoms with Crippen molar-refractivity contribution in [3.63, 3.8) is 0 Å². The molecular formula is C22H23N3O6. The molecule has 1 saturated heterocycles. The molecule has 162 valence electrons. The van der Waals surface area contributed by atoms with Crippen LogP contribution in [0.2, 0.25) is 0 Å². The van der Waals surface area contributed by atoms with E-state index in [-0.39, 0.29) is 23.4 Å². The molecule has 1 fully saturated rings. The maximum absolute atomic E-state index is 12.9. The number of nitro benzene ring substituents is 1. The summed E-state index contributed by atoms with van der Waals surface area (Å²) in [7, 11) is 5.23. The van der Waals surface area contributed by atoms with Crippen LogP contribution in [0.4, 0.5) is 5.69 Å². The van der Waals surface area contributed by atoms with Gasteiger partial charge >= 0.3 is 0 Å². The van der Waals surface area contributed by atoms with Crippen LogP contribution in [0, 0.1) is 10.1 Å². The molecule has 9 heteroatoms. The molecule has 1 atom stereocenters. The molecule has 31 heavy (non-hydrogen) atoms. The molecule has 0 aromatic heterocycles. The summed E-state index contributed by atoms with van der Waals surface area (Å²) in [5, 5.41) is 22.1. The number of likely N-dealkylation sites (tertiary alicyclic amines) is 1. The number of nitrogens with zero attached hydrogens (tertiary/aromatic N) is 3. The number of ether oxygens (including phenoxy) is 1. The molecule has 1 amide bonds. The number of amides is 1. The van der Waals surface area contributed by atoms with Gasteiger partial charge in [-0.2, -0.15) is 0 Å². The van der Waals surface area contributed by atoms with Crippen LogP contribution in [0.25, 0.3) is 5.76 Å². The first-order valence-electron chi connectivity index (χ1n) is 9.56. The standard InChI is InChI=1S/C22H23N3O6/c1-23(2)11-12-24-19(14-7-9-17(31-3)10-8-14)18(21(27)22(24)28)20(26)15-5-4-6-16(13-15)25(29)30/h4-10,13,19,26H,11-12H2,1-3H3/b20-18-. The molecule has 0 radical (unpaired) electrons. The number of methoxy groups -OCH3 is 1. The fourth-order valence-corrected chi connectivity index (χ4v) is 3.47. The van der Waals surface area contributed by atoms with Gasteiger partial charge in [-0.15, -0.1) is 0 Å². The van der Waals surface area contributed by atoms with Gasteiger partial charge in [0.2, 0.25) is 0 Å². The van der Waals surface area contributed by atoms with Crippen LogP contribution < -0.4 is 4.74 Å². The van der Waals surface area contributed by atoms with Gasteiger partial charge in [0.05, 0.1) is 23.6 Å². The van der Waals surface area contributed by atoms with E-state index in [9.17, 15) is 24.8 Å². The molecule has 2 aromatic carbocycles. The minimum atomic E-state index is -0.830. The van der Waals surface area contributed by atoms with Gasteiger partial charge in [0.15, 0.2) is 0 Å². The number of hydrogen-bond donors (Lipinski definition) is 1. The van der Waals surface area contributed by atoms with E-state index < -0.39 is 28.4 Å². The quantitative estimate of drug-likeness (QED) is 0.238. The van der Waals surface area contributed by atoms with E-state index in [0.717, 1.165) is 0 Å². The monoisotopic (exact) mass is 425 g/mol. The van der Waals surface area contributed by atoms with E-state index in [2.05, 4.69) is 0 Å². The second-order valence-corrected chi connectivity index (χ2v) is 7.38. The van der Waals surface area contributed by atoms with Gasteiger partial charge in [-0.3, -0.25) is 19.7 Å². The number of likely N-dealkylation sites (N-methyl/N-ethyl adjacent to an activating group) is 1. The van der Waals surface area contributed by atoms with E-state index in [1.54, 1.807) is 24.3 Å². The third-order valence-corrected chi connectivity index (χ3v) is 5.09. The third kappa shape index (κ3) is 4.41. The number of Topliss-reactive ketones (excluding diaryl/α,β-unsaturated/α-hetero) is 1. The molecule has 1 unspecified atom stereocenters. The Morgan fingerprint density at radius 1 is 1.19 bits per heavy atom. The maximum Gasteiger partial charge on any atom is 0.295 e. The fraction of sp³-hybridized carbons (Fsp3) is 0.273. The zero-order valence-electron chi connectivity index (χ0n) is 17.4. The molecule has 3 rings (SSSR count). The van der Waals surface area contributed by atoms with Crippen molar-refractivity contribution in [1.82, 2.24) is 9.80 Å². The molecule has 0 spiro atoms. The first kappa shape index (κ1) is 22.0. The Labute approximate surface area is 179 Å². The van der Waals surface area contributed by atoms with Crippen LogP contribution >= 0.6 is 0 Å². The number of benzene rings is 2. The Balaban J connectivity index is 2.15. The molecule has 1 aliphatic rings. The molecule has 1 N–H and O–H groups in total. The Morgan fingerprint density at radius 3 is 2.45 bits per heavy atom. The highest BCUT2D eigenvalue weighted by Crippen LogP contribution is 2.40. The van der Waals surface area contributed by atoms with E-state index in [4.69, 9.17) is 4.74 Å². The number of aliphatic hydroxyl groups excluding tert-OH is 1. The molecule has 0 bridgehead atoms. The summed E-state index contributed by atoms with van der Waals surface area (Å²) < 4.78 is 5.18. The van der Waals surface area contributed by atoms with Crippen molar-refractivity contribution in [3.05, 3.63) is 75.3 Å². The van der Waals surface area contributed by atoms with Crippen molar-refractivity contribution in [2.24, 2.45) is 0 Å². The lowest BCUT2D eigenvalue weighted by Crippen LogP contribution is -2.35. The Kier molecular flexibility index (Phi) is 6.36. The predicted octanol–water partition coefficient (Wildman–Crippen LogP) is 2.59. The number of carbonyl (C=O) groups excluding carboxylic acids is 2. The van der Waals surface area contributed by atoms with Crippen molar-refractivity contribution < 1.29 is 24.4 Å². The molecule has 1 aliphatic heterocycles. The zero-order chi connectivity index (χ0) is 22.7. The number of hydrogen-bond acceptors (Lipinski definition) is 7. The second kappa shape index (κ2) is 8.97. The first-order valence-corrected chi connectivity index (χ1v) is 9.56. The second-order valence-electron chi connectivity index (χ2n) is 7.38. The fourth-order valence-electron chi connectivity index (χ4n) is 3.47. The molecule has 9 nitrogen and oxygen atoms in total. The highest BCUT2D eigenvalue weighted by Gasteiger charge is 2.46. The van der Waals surface area contributed by atoms with Crippen LogP contribution in [-0.2, 0) is 9.59 Å². The molecule has 0 aliphatic carbocycles. The maximum atomic E-state index is 12.9. The van der Waals surface area contributed by atoms with Crippen molar-refractivity contribution in [2.75, 3.05) is 34.3 Å². The van der Waals surface area contributed by atoms with E-state index >= 15 is 0 Å². The summed E-state index contributed by atoms with van der Waals surface area (Å²) in [6.45, 7) is 0.774. The normalized spacial score (nSPS) is 17.9. The summed E-state index contributed by atoms with van der Waals surface area (Å²) in [6, 6.07) is 11.4. The highest BCUT2D eigenvalue weighted by molar-refractivity contribution is 6.46. The summed E-state index contributed by atoms with van der Waals surface area (Å²) in [6.07, 6.45) is 0. The first-order chi connectivity index (χ1) is 14.7. The Bertz CT molecular complexity index is 1050. The van der Waals surface area contributed by atoms with Gasteiger partial charge in [0.1, 0.15) is 11.5 Å². The van der Waals surface area contributed by atoms with E-state index in [1.807, 2.05) is 19.0 Å². The average Bonchev–Trinajstić information content (AvgIpc) is 3.02. The highest BCUT2D eigenvalue weighted by atomic mass is 16.6. The van der Waals surface area contributed by atoms with Crippen LogP contribution in [-0.4, -0.2) is 65.8 Å². The van der Waals surface area contributed by atoms with Crippen LogP contribution in [0.1, 0.15) is 17.2 Å². The van der Waals surface area contributed by atoms with Gasteiger partial charge < -0.3 is 19.6 Å². The average molecular weight is 425 g/mol. The molecule has 2 aromatic rings. The topological polar surface area (TPSA) is 113 Å². The van der Waals surface area contributed by atoms with Crippen LogP contribution in [0.5, 0.6) is 5.75 Å². The number of ketones is 1. The van der Waals surface area contributed by atoms with Gasteiger partial charge in [0, 0.05) is 30.8 Å². The number of nitro groups is 1. The molecule has 0 saturated carbocycles. The van der Waals surface area contributed by atoms with Gasteiger partial charge in [-0.05, 0) is 31.8 Å². The zero-order valence-corrected chi connectivity index (χ0v) is 17.4. The SMILES string of the molecule is COc1ccc(C2/C(=C(/O)c3cccc([N+](=O)[O-])c3)C(=O)C(=O)N2CCN(C)C)cc1. The van der Waals surface area contributed by atoms with Crippen LogP contribution in [0.15, 0.2) is 54.1 Å². The van der Waals surface area contributed by atoms with Crippen molar-refractivity contribution in [3.8, 4) is 5.75 Å². The number of rotatable bonds is 7. The lowest BCUT2D eigenvalue weighted by Gasteiger charge is -2.26. The molecule has 1 heterocycles. The minimum Gasteiger partial charge on any atom is -0.507 e. The number of carbonyl (C=O) groups is 2. The van der Waals surface area contributed by atoms with Crippen molar-refractivity contribution in [1.29, 1.82) is 0 Å². The number of non-ortho nitro benzene ring substituents is 1. The Morgan fingerprint density at radius 2 is 1.87 bits per heavy atom. The van der Waals surface area contributed by atoms with E-state index in [1.165, 1.54) is 36.3 Å². The summed E-state index contributed by atoms with van der Waals surface area (Å²) in [5.41, 5.74) is 0.380. The lowest BCUT2D eigenvalue weighted by molar-refractivity contribution is -0.384. The smallest absolute Gasteiger partial charge is 0.295 e. The minimum absolute atomic E-state index is 0.0957. The van der Waals surface area contributed by atoms with Crippen molar-refractivity contribution in [2.45, 2.75) is 6.04 Å². The lowest BCUT2D eigenvalue weighted by atomic mass is 9.95. The van der Waals surface area contributed by atoms with Gasteiger partial charge in [-0.1, -0.05) is 24.3 Å². The van der Waals surface area contributed by atoms with Gasteiger partial charge in [-0.25, -0.2) is 0 Å². The van der Waals surface area contributed by atoms with Crippen LogP contribution in [0.3, 0.4) is 0 Å². The summed E-state index contributed by atoms with van der Waals surface area (Å²) in [5.74, 6) is -1.40. The summed E-state index contributed by atoms with van der Waals surface area (Å²) >= 11 is 0. The van der Waals surface area contributed by atoms with Crippen molar-refractivity contribution >= 4 is 23.1 Å². The third-order valence-electron chi connectivity index (χ3n) is 5.09. The number of aliphatic hydroxyl groups is 1.